The van der Waals surface area contributed by atoms with Crippen LogP contribution in [0.3, 0.4) is 0 Å². The van der Waals surface area contributed by atoms with Gasteiger partial charge in [-0.15, -0.1) is 0 Å². The molecule has 40 heavy (non-hydrogen) atoms. The van der Waals surface area contributed by atoms with Gasteiger partial charge in [0.15, 0.2) is 17.5 Å². The molecule has 0 bridgehead atoms. The molecule has 0 fully saturated rings. The molecule has 0 unspecified atom stereocenters. The second-order valence-corrected chi connectivity index (χ2v) is 9.79. The van der Waals surface area contributed by atoms with Crippen molar-refractivity contribution < 1.29 is 40.4 Å². The molecule has 0 aliphatic heterocycles. The van der Waals surface area contributed by atoms with E-state index >= 15 is 0 Å². The number of rotatable bonds is 14. The zero-order valence-electron chi connectivity index (χ0n) is 22.0. The normalized spacial score (nSPS) is 13.6. The van der Waals surface area contributed by atoms with Gasteiger partial charge in [0, 0.05) is 19.5 Å². The first kappa shape index (κ1) is 33.0. The van der Waals surface area contributed by atoms with Gasteiger partial charge in [0.1, 0.15) is 6.04 Å². The Morgan fingerprint density at radius 2 is 1.50 bits per heavy atom. The lowest BCUT2D eigenvalue weighted by Gasteiger charge is -2.34. The molecule has 8 nitrogen and oxygen atoms in total. The summed E-state index contributed by atoms with van der Waals surface area (Å²) in [6.07, 6.45) is -4.11. The van der Waals surface area contributed by atoms with Crippen LogP contribution in [0.1, 0.15) is 24.0 Å². The van der Waals surface area contributed by atoms with Gasteiger partial charge in [-0.2, -0.15) is 13.2 Å². The summed E-state index contributed by atoms with van der Waals surface area (Å²) in [5.41, 5.74) is 16.0. The summed E-state index contributed by atoms with van der Waals surface area (Å²) in [6.45, 7) is 2.88. The van der Waals surface area contributed by atoms with Crippen LogP contribution in [0.2, 0.25) is 0 Å². The number of nitrogens with one attached hydrogen (secondary N) is 2. The van der Waals surface area contributed by atoms with E-state index in [1.807, 2.05) is 7.05 Å². The standard InChI is InChI=1S/C26H34F6N6O2/c1-38(13-10-33,14-11-34)12-2-3-19(35)24(39)37-21(15-16-4-6-17(7-5-16)26(30,31)32)25(40)36-20-9-8-18(27)22(28)23(20)29/h4-9,19,21H,2-3,10-15,33-35H2,1H3,(H-,36,37,39,40)/p+1/t19-,21-/m0/s1. The number of hydrogen-bond donors (Lipinski definition) is 5. The SMILES string of the molecule is C[N+](CCN)(CCN)CCC[C@H](N)C(=O)N[C@@H](Cc1ccc(C(F)(F)F)cc1)C(=O)Nc1ccc(F)c(F)c1F. The Morgan fingerprint density at radius 3 is 2.05 bits per heavy atom. The van der Waals surface area contributed by atoms with Crippen molar-refractivity contribution in [2.24, 2.45) is 17.2 Å². The number of carbonyl (C=O) groups is 2. The topological polar surface area (TPSA) is 136 Å². The van der Waals surface area contributed by atoms with E-state index in [4.69, 9.17) is 17.2 Å². The fraction of sp³-hybridized carbons (Fsp3) is 0.462. The van der Waals surface area contributed by atoms with Crippen LogP contribution in [-0.2, 0) is 22.2 Å². The van der Waals surface area contributed by atoms with Gasteiger partial charge in [-0.3, -0.25) is 9.59 Å². The molecule has 222 valence electrons. The molecule has 0 heterocycles. The predicted octanol–water partition coefficient (Wildman–Crippen LogP) is 2.26. The largest absolute Gasteiger partial charge is 0.416 e. The van der Waals surface area contributed by atoms with Crippen LogP contribution in [0, 0.1) is 17.5 Å². The van der Waals surface area contributed by atoms with Crippen molar-refractivity contribution in [1.29, 1.82) is 0 Å². The number of quaternary nitrogens is 1. The van der Waals surface area contributed by atoms with Crippen LogP contribution in [0.15, 0.2) is 36.4 Å². The number of anilines is 1. The Hall–Kier alpha value is -3.20. The third kappa shape index (κ3) is 9.47. The van der Waals surface area contributed by atoms with E-state index in [1.165, 1.54) is 0 Å². The molecular weight excluding hydrogens is 542 g/mol. The molecule has 0 aliphatic rings. The van der Waals surface area contributed by atoms with Crippen LogP contribution in [0.5, 0.6) is 0 Å². The van der Waals surface area contributed by atoms with E-state index in [0.29, 0.717) is 49.7 Å². The minimum absolute atomic E-state index is 0.237. The molecule has 0 radical (unpaired) electrons. The average Bonchev–Trinajstić information content (AvgIpc) is 2.88. The highest BCUT2D eigenvalue weighted by atomic mass is 19.4. The third-order valence-corrected chi connectivity index (χ3v) is 6.53. The maximum absolute atomic E-state index is 14.1. The van der Waals surface area contributed by atoms with Crippen molar-refractivity contribution in [1.82, 2.24) is 5.32 Å². The Balaban J connectivity index is 2.17. The molecule has 0 saturated carbocycles. The molecule has 0 aliphatic carbocycles. The smallest absolute Gasteiger partial charge is 0.343 e. The van der Waals surface area contributed by atoms with Gasteiger partial charge in [0.2, 0.25) is 11.8 Å². The van der Waals surface area contributed by atoms with E-state index in [-0.39, 0.29) is 18.4 Å². The Labute approximate surface area is 228 Å². The van der Waals surface area contributed by atoms with Crippen LogP contribution < -0.4 is 27.8 Å². The number of hydrogen-bond acceptors (Lipinski definition) is 5. The molecule has 0 aromatic heterocycles. The van der Waals surface area contributed by atoms with E-state index in [1.54, 1.807) is 0 Å². The third-order valence-electron chi connectivity index (χ3n) is 6.53. The molecule has 8 N–H and O–H groups in total. The lowest BCUT2D eigenvalue weighted by atomic mass is 10.0. The Kier molecular flexibility index (Phi) is 11.9. The number of amides is 2. The van der Waals surface area contributed by atoms with Crippen molar-refractivity contribution >= 4 is 17.5 Å². The van der Waals surface area contributed by atoms with E-state index in [2.05, 4.69) is 10.6 Å². The fourth-order valence-corrected chi connectivity index (χ4v) is 4.18. The number of likely N-dealkylation sites (N-methyl/N-ethyl adjacent to an activating group) is 1. The second kappa shape index (κ2) is 14.4. The maximum atomic E-state index is 14.1. The molecule has 2 rings (SSSR count). The summed E-state index contributed by atoms with van der Waals surface area (Å²) in [6, 6.07) is 2.80. The number of nitrogens with two attached hydrogens (primary N) is 3. The highest BCUT2D eigenvalue weighted by Gasteiger charge is 2.31. The monoisotopic (exact) mass is 577 g/mol. The Morgan fingerprint density at radius 1 is 0.900 bits per heavy atom. The van der Waals surface area contributed by atoms with Crippen LogP contribution in [0.4, 0.5) is 32.0 Å². The summed E-state index contributed by atoms with van der Waals surface area (Å²) in [4.78, 5) is 25.8. The highest BCUT2D eigenvalue weighted by molar-refractivity contribution is 5.98. The second-order valence-electron chi connectivity index (χ2n) is 9.79. The minimum Gasteiger partial charge on any atom is -0.343 e. The molecule has 2 aromatic rings. The molecular formula is C26H35F6N6O2+. The quantitative estimate of drug-likeness (QED) is 0.133. The summed E-state index contributed by atoms with van der Waals surface area (Å²) in [5, 5.41) is 4.53. The zero-order chi connectivity index (χ0) is 30.1. The van der Waals surface area contributed by atoms with Crippen LogP contribution in [-0.4, -0.2) is 68.2 Å². The summed E-state index contributed by atoms with van der Waals surface area (Å²) < 4.78 is 80.5. The van der Waals surface area contributed by atoms with Gasteiger partial charge >= 0.3 is 6.18 Å². The summed E-state index contributed by atoms with van der Waals surface area (Å²) in [5.74, 6) is -6.67. The molecule has 14 heteroatoms. The molecule has 2 aromatic carbocycles. The van der Waals surface area contributed by atoms with Gasteiger partial charge in [0.25, 0.3) is 0 Å². The van der Waals surface area contributed by atoms with E-state index in [0.717, 1.165) is 30.3 Å². The van der Waals surface area contributed by atoms with Gasteiger partial charge in [-0.05, 0) is 42.7 Å². The number of halogens is 6. The molecule has 0 saturated heterocycles. The number of carbonyl (C=O) groups excluding carboxylic acids is 2. The van der Waals surface area contributed by atoms with Crippen LogP contribution >= 0.6 is 0 Å². The number of benzene rings is 2. The summed E-state index contributed by atoms with van der Waals surface area (Å²) >= 11 is 0. The van der Waals surface area contributed by atoms with Crippen molar-refractivity contribution in [3.05, 3.63) is 65.0 Å². The molecule has 0 spiro atoms. The van der Waals surface area contributed by atoms with Gasteiger partial charge in [-0.25, -0.2) is 13.2 Å². The fourth-order valence-electron chi connectivity index (χ4n) is 4.18. The van der Waals surface area contributed by atoms with Crippen molar-refractivity contribution in [3.63, 3.8) is 0 Å². The van der Waals surface area contributed by atoms with Crippen molar-refractivity contribution in [2.45, 2.75) is 37.5 Å². The lowest BCUT2D eigenvalue weighted by Crippen LogP contribution is -2.52. The van der Waals surface area contributed by atoms with Crippen molar-refractivity contribution in [3.8, 4) is 0 Å². The van der Waals surface area contributed by atoms with E-state index in [9.17, 15) is 35.9 Å². The lowest BCUT2D eigenvalue weighted by molar-refractivity contribution is -0.907. The first-order chi connectivity index (χ1) is 18.7. The highest BCUT2D eigenvalue weighted by Crippen LogP contribution is 2.29. The zero-order valence-corrected chi connectivity index (χ0v) is 22.0. The molecule has 2 atom stereocenters. The summed E-state index contributed by atoms with van der Waals surface area (Å²) in [7, 11) is 1.98. The van der Waals surface area contributed by atoms with Gasteiger partial charge < -0.3 is 32.3 Å². The van der Waals surface area contributed by atoms with Crippen LogP contribution in [0.25, 0.3) is 0 Å². The predicted molar refractivity (Wildman–Crippen MR) is 138 cm³/mol. The van der Waals surface area contributed by atoms with Gasteiger partial charge in [0.05, 0.1) is 44.0 Å². The number of nitrogens with zero attached hydrogens (tertiary/aromatic N) is 1. The van der Waals surface area contributed by atoms with Gasteiger partial charge in [-0.1, -0.05) is 12.1 Å². The minimum atomic E-state index is -4.58. The molecule has 2 amide bonds. The maximum Gasteiger partial charge on any atom is 0.416 e. The Bertz CT molecular complexity index is 1140. The van der Waals surface area contributed by atoms with E-state index < -0.39 is 58.8 Å². The first-order valence-corrected chi connectivity index (χ1v) is 12.6. The average molecular weight is 578 g/mol. The van der Waals surface area contributed by atoms with Crippen molar-refractivity contribution in [2.75, 3.05) is 45.1 Å². The number of alkyl halides is 3. The first-order valence-electron chi connectivity index (χ1n) is 12.6.